The molecule has 3 aromatic rings. The van der Waals surface area contributed by atoms with Gasteiger partial charge in [0.25, 0.3) is 0 Å². The highest BCUT2D eigenvalue weighted by Gasteiger charge is 2.43. The Bertz CT molecular complexity index is 1220. The van der Waals surface area contributed by atoms with E-state index in [-0.39, 0.29) is 6.04 Å². The molecule has 1 saturated heterocycles. The van der Waals surface area contributed by atoms with Crippen molar-refractivity contribution in [2.75, 3.05) is 23.3 Å². The molecule has 4 heterocycles. The van der Waals surface area contributed by atoms with Crippen LogP contribution in [0.3, 0.4) is 0 Å². The number of anilines is 2. The lowest BCUT2D eigenvalue weighted by Crippen LogP contribution is -2.48. The van der Waals surface area contributed by atoms with Crippen molar-refractivity contribution >= 4 is 22.5 Å². The highest BCUT2D eigenvalue weighted by molar-refractivity contribution is 7.10. The molecule has 0 radical (unpaired) electrons. The molecule has 35 heavy (non-hydrogen) atoms. The molecule has 6 nitrogen and oxygen atoms in total. The third-order valence-electron chi connectivity index (χ3n) is 7.58. The van der Waals surface area contributed by atoms with Gasteiger partial charge in [0, 0.05) is 31.6 Å². The summed E-state index contributed by atoms with van der Waals surface area (Å²) in [6.45, 7) is 4.57. The number of rotatable bonds is 4. The maximum Gasteiger partial charge on any atom is 0.416 e. The first-order valence-electron chi connectivity index (χ1n) is 12.0. The summed E-state index contributed by atoms with van der Waals surface area (Å²) in [7, 11) is 0. The van der Waals surface area contributed by atoms with Crippen LogP contribution in [0, 0.1) is 24.6 Å². The molecular formula is C24H26F4N6S. The van der Waals surface area contributed by atoms with Crippen LogP contribution in [0.4, 0.5) is 28.5 Å². The third-order valence-corrected chi connectivity index (χ3v) is 8.52. The second kappa shape index (κ2) is 8.46. The number of fused-ring (bicyclic) bond motifs is 3. The first-order chi connectivity index (χ1) is 16.7. The van der Waals surface area contributed by atoms with E-state index in [9.17, 15) is 17.6 Å². The number of halogens is 4. The molecule has 0 spiro atoms. The Morgan fingerprint density at radius 2 is 1.83 bits per heavy atom. The fourth-order valence-electron chi connectivity index (χ4n) is 5.99. The van der Waals surface area contributed by atoms with Crippen LogP contribution >= 0.6 is 11.5 Å². The predicted molar refractivity (Wildman–Crippen MR) is 125 cm³/mol. The number of alkyl halides is 3. The largest absolute Gasteiger partial charge is 0.416 e. The molecule has 3 atom stereocenters. The molecule has 2 aliphatic heterocycles. The summed E-state index contributed by atoms with van der Waals surface area (Å²) in [6.07, 6.45) is -0.975. The molecule has 0 amide bonds. The average molecular weight is 507 g/mol. The number of benzene rings is 1. The van der Waals surface area contributed by atoms with E-state index in [1.807, 2.05) is 6.92 Å². The number of hydrogen-bond donors (Lipinski definition) is 1. The van der Waals surface area contributed by atoms with Gasteiger partial charge in [-0.25, -0.2) is 9.07 Å². The zero-order chi connectivity index (χ0) is 24.3. The predicted octanol–water partition coefficient (Wildman–Crippen LogP) is 5.45. The molecule has 2 bridgehead atoms. The minimum absolute atomic E-state index is 0.258. The minimum Gasteiger partial charge on any atom is -0.361 e. The van der Waals surface area contributed by atoms with Gasteiger partial charge in [0.15, 0.2) is 0 Å². The van der Waals surface area contributed by atoms with Crippen LogP contribution in [-0.4, -0.2) is 38.3 Å². The fourth-order valence-corrected chi connectivity index (χ4v) is 6.77. The van der Waals surface area contributed by atoms with Crippen molar-refractivity contribution in [3.63, 3.8) is 0 Å². The molecule has 11 heteroatoms. The van der Waals surface area contributed by atoms with Gasteiger partial charge in [-0.2, -0.15) is 22.5 Å². The zero-order valence-electron chi connectivity index (χ0n) is 19.2. The normalized spacial score (nSPS) is 26.1. The second-order valence-corrected chi connectivity index (χ2v) is 10.7. The quantitative estimate of drug-likeness (QED) is 0.477. The van der Waals surface area contributed by atoms with Crippen molar-refractivity contribution in [3.05, 3.63) is 52.7 Å². The van der Waals surface area contributed by atoms with Crippen LogP contribution in [0.1, 0.15) is 54.2 Å². The number of piperidine rings is 1. The van der Waals surface area contributed by atoms with Crippen LogP contribution < -0.4 is 10.2 Å². The molecular weight excluding hydrogens is 480 g/mol. The molecule has 2 aromatic heterocycles. The molecule has 1 aromatic carbocycles. The van der Waals surface area contributed by atoms with Gasteiger partial charge in [0.1, 0.15) is 16.6 Å². The number of nitrogens with zero attached hydrogens (tertiary/aromatic N) is 5. The molecule has 3 aliphatic rings. The van der Waals surface area contributed by atoms with E-state index in [0.29, 0.717) is 48.2 Å². The Hall–Kier alpha value is -2.69. The fraction of sp³-hybridized carbons (Fsp3) is 0.542. The summed E-state index contributed by atoms with van der Waals surface area (Å²) in [4.78, 5) is 7.14. The van der Waals surface area contributed by atoms with E-state index in [2.05, 4.69) is 25.8 Å². The third kappa shape index (κ3) is 4.28. The topological polar surface area (TPSA) is 58.9 Å². The van der Waals surface area contributed by atoms with E-state index in [1.165, 1.54) is 11.1 Å². The molecule has 1 saturated carbocycles. The van der Waals surface area contributed by atoms with Crippen molar-refractivity contribution in [3.8, 4) is 0 Å². The van der Waals surface area contributed by atoms with Gasteiger partial charge in [-0.15, -0.1) is 5.10 Å². The summed E-state index contributed by atoms with van der Waals surface area (Å²) in [5, 5.41) is 9.42. The lowest BCUT2D eigenvalue weighted by Gasteiger charge is -2.38. The van der Waals surface area contributed by atoms with Crippen LogP contribution in [-0.2, 0) is 12.7 Å². The lowest BCUT2D eigenvalue weighted by molar-refractivity contribution is -0.137. The zero-order valence-corrected chi connectivity index (χ0v) is 20.0. The van der Waals surface area contributed by atoms with Crippen LogP contribution in [0.25, 0.3) is 0 Å². The highest BCUT2D eigenvalue weighted by Crippen LogP contribution is 2.42. The number of aryl methyl sites for hydroxylation is 2. The summed E-state index contributed by atoms with van der Waals surface area (Å²) >= 11 is 1.54. The first kappa shape index (κ1) is 22.8. The maximum atomic E-state index is 14.1. The van der Waals surface area contributed by atoms with Gasteiger partial charge in [-0.3, -0.25) is 0 Å². The van der Waals surface area contributed by atoms with Gasteiger partial charge < -0.3 is 10.2 Å². The highest BCUT2D eigenvalue weighted by atomic mass is 32.1. The van der Waals surface area contributed by atoms with Crippen molar-refractivity contribution < 1.29 is 17.6 Å². The number of nitrogens with one attached hydrogen (secondary N) is 1. The van der Waals surface area contributed by atoms with Gasteiger partial charge in [-0.05, 0) is 85.8 Å². The SMILES string of the molecule is Cc1cc(N2CC3CCC(C2)C3Nc2nc3n(n2)CCCC3c2cc(F)cc(C(F)(F)F)c2)sn1. The van der Waals surface area contributed by atoms with Crippen molar-refractivity contribution in [1.29, 1.82) is 0 Å². The Morgan fingerprint density at radius 3 is 2.51 bits per heavy atom. The standard InChI is InChI=1S/C24H26F4N6S/c1-13-7-20(35-32-13)33-11-14-4-5-15(12-33)21(14)29-23-30-22-19(3-2-6-34(22)31-23)16-8-17(24(26,27)28)10-18(25)9-16/h7-10,14-15,19,21H,2-6,11-12H2,1H3,(H,29,31). The van der Waals surface area contributed by atoms with E-state index in [0.717, 1.165) is 44.1 Å². The van der Waals surface area contributed by atoms with E-state index >= 15 is 0 Å². The smallest absolute Gasteiger partial charge is 0.361 e. The number of aromatic nitrogens is 4. The van der Waals surface area contributed by atoms with E-state index in [1.54, 1.807) is 16.2 Å². The molecule has 1 aliphatic carbocycles. The van der Waals surface area contributed by atoms with Crippen LogP contribution in [0.5, 0.6) is 0 Å². The summed E-state index contributed by atoms with van der Waals surface area (Å²) < 4.78 is 60.1. The molecule has 1 N–H and O–H groups in total. The van der Waals surface area contributed by atoms with Gasteiger partial charge in [-0.1, -0.05) is 0 Å². The average Bonchev–Trinajstić information content (AvgIpc) is 3.48. The molecule has 6 rings (SSSR count). The second-order valence-electron chi connectivity index (χ2n) is 9.96. The molecule has 186 valence electrons. The van der Waals surface area contributed by atoms with Gasteiger partial charge in [0.05, 0.1) is 11.3 Å². The Labute approximate surface area is 204 Å². The lowest BCUT2D eigenvalue weighted by atomic mass is 9.90. The Kier molecular flexibility index (Phi) is 5.50. The van der Waals surface area contributed by atoms with Crippen molar-refractivity contribution in [1.82, 2.24) is 19.1 Å². The summed E-state index contributed by atoms with van der Waals surface area (Å²) in [6, 6.07) is 5.17. The maximum absolute atomic E-state index is 14.1. The Morgan fingerprint density at radius 1 is 1.06 bits per heavy atom. The monoisotopic (exact) mass is 506 g/mol. The van der Waals surface area contributed by atoms with E-state index < -0.39 is 23.5 Å². The molecule has 3 unspecified atom stereocenters. The molecule has 2 fully saturated rings. The first-order valence-corrected chi connectivity index (χ1v) is 12.8. The van der Waals surface area contributed by atoms with Crippen LogP contribution in [0.2, 0.25) is 0 Å². The van der Waals surface area contributed by atoms with Crippen molar-refractivity contribution in [2.24, 2.45) is 11.8 Å². The summed E-state index contributed by atoms with van der Waals surface area (Å²) in [5.41, 5.74) is 0.369. The van der Waals surface area contributed by atoms with Crippen molar-refractivity contribution in [2.45, 2.75) is 57.3 Å². The van der Waals surface area contributed by atoms with Crippen LogP contribution in [0.15, 0.2) is 24.3 Å². The summed E-state index contributed by atoms with van der Waals surface area (Å²) in [5.74, 6) is 0.738. The van der Waals surface area contributed by atoms with Gasteiger partial charge >= 0.3 is 6.18 Å². The number of hydrogen-bond acceptors (Lipinski definition) is 6. The van der Waals surface area contributed by atoms with E-state index in [4.69, 9.17) is 4.98 Å². The Balaban J connectivity index is 1.22. The minimum atomic E-state index is -4.60. The van der Waals surface area contributed by atoms with Gasteiger partial charge in [0.2, 0.25) is 5.95 Å².